The number of rotatable bonds is 7. The molecule has 0 saturated carbocycles. The zero-order valence-corrected chi connectivity index (χ0v) is 11.4. The zero-order chi connectivity index (χ0) is 8.53. The third kappa shape index (κ3) is 7.79. The van der Waals surface area contributed by atoms with E-state index in [0.717, 1.165) is 21.9 Å². The van der Waals surface area contributed by atoms with Crippen molar-refractivity contribution < 1.29 is 0 Å². The molecular formula is C8H15Br3. The van der Waals surface area contributed by atoms with Crippen molar-refractivity contribution in [3.8, 4) is 0 Å². The minimum absolute atomic E-state index is 0.869. The topological polar surface area (TPSA) is 0 Å². The van der Waals surface area contributed by atoms with E-state index in [4.69, 9.17) is 0 Å². The molecule has 0 bridgehead atoms. The van der Waals surface area contributed by atoms with Gasteiger partial charge >= 0.3 is 0 Å². The first-order valence-electron chi connectivity index (χ1n) is 4.03. The molecule has 0 aromatic carbocycles. The molecule has 11 heavy (non-hydrogen) atoms. The normalized spacial score (nSPS) is 13.4. The molecule has 3 heteroatoms. The van der Waals surface area contributed by atoms with E-state index in [2.05, 4.69) is 47.8 Å². The summed E-state index contributed by atoms with van der Waals surface area (Å²) in [4.78, 5) is 0. The first kappa shape index (κ1) is 12.4. The smallest absolute Gasteiger partial charge is 0.00599 e. The predicted molar refractivity (Wildman–Crippen MR) is 63.3 cm³/mol. The molecule has 0 radical (unpaired) electrons. The van der Waals surface area contributed by atoms with E-state index < -0.39 is 0 Å². The molecule has 0 aromatic rings. The van der Waals surface area contributed by atoms with Gasteiger partial charge < -0.3 is 0 Å². The van der Waals surface area contributed by atoms with Crippen LogP contribution in [0, 0.1) is 5.92 Å². The molecule has 0 aliphatic carbocycles. The number of hydrogen-bond acceptors (Lipinski definition) is 0. The lowest BCUT2D eigenvalue weighted by Gasteiger charge is -2.10. The number of alkyl halides is 3. The van der Waals surface area contributed by atoms with Gasteiger partial charge in [0.1, 0.15) is 0 Å². The van der Waals surface area contributed by atoms with Crippen molar-refractivity contribution in [2.24, 2.45) is 5.92 Å². The molecule has 1 unspecified atom stereocenters. The van der Waals surface area contributed by atoms with Crippen molar-refractivity contribution in [2.45, 2.75) is 25.7 Å². The van der Waals surface area contributed by atoms with Gasteiger partial charge in [0.15, 0.2) is 0 Å². The maximum atomic E-state index is 3.54. The van der Waals surface area contributed by atoms with Crippen LogP contribution in [-0.2, 0) is 0 Å². The standard InChI is InChI=1S/C8H15Br3/c9-5-2-1-3-8(7-11)4-6-10/h8H,1-7H2. The molecule has 0 fully saturated rings. The molecule has 0 aliphatic heterocycles. The van der Waals surface area contributed by atoms with Crippen molar-refractivity contribution in [2.75, 3.05) is 16.0 Å². The minimum Gasteiger partial charge on any atom is -0.0928 e. The van der Waals surface area contributed by atoms with Gasteiger partial charge in [0, 0.05) is 16.0 Å². The van der Waals surface area contributed by atoms with Gasteiger partial charge in [-0.1, -0.05) is 54.2 Å². The van der Waals surface area contributed by atoms with Crippen LogP contribution in [0.1, 0.15) is 25.7 Å². The lowest BCUT2D eigenvalue weighted by atomic mass is 10.0. The van der Waals surface area contributed by atoms with E-state index >= 15 is 0 Å². The molecule has 0 rings (SSSR count). The molecule has 1 atom stereocenters. The fraction of sp³-hybridized carbons (Fsp3) is 1.00. The molecule has 0 saturated heterocycles. The Bertz CT molecular complexity index is 75.7. The Hall–Kier alpha value is 1.44. The van der Waals surface area contributed by atoms with Gasteiger partial charge in [0.25, 0.3) is 0 Å². The zero-order valence-electron chi connectivity index (χ0n) is 6.66. The summed E-state index contributed by atoms with van der Waals surface area (Å²) in [6.07, 6.45) is 5.33. The van der Waals surface area contributed by atoms with Crippen LogP contribution >= 0.6 is 47.8 Å². The van der Waals surface area contributed by atoms with Gasteiger partial charge in [-0.3, -0.25) is 0 Å². The highest BCUT2D eigenvalue weighted by molar-refractivity contribution is 9.09. The molecule has 0 heterocycles. The fourth-order valence-electron chi connectivity index (χ4n) is 0.980. The van der Waals surface area contributed by atoms with Crippen LogP contribution in [0.3, 0.4) is 0 Å². The second-order valence-electron chi connectivity index (χ2n) is 2.68. The summed E-state index contributed by atoms with van der Waals surface area (Å²) in [5.74, 6) is 0.869. The summed E-state index contributed by atoms with van der Waals surface area (Å²) in [5.41, 5.74) is 0. The van der Waals surface area contributed by atoms with Crippen molar-refractivity contribution in [1.82, 2.24) is 0 Å². The maximum Gasteiger partial charge on any atom is 0.00599 e. The van der Waals surface area contributed by atoms with Crippen molar-refractivity contribution >= 4 is 47.8 Å². The van der Waals surface area contributed by atoms with Crippen LogP contribution in [-0.4, -0.2) is 16.0 Å². The van der Waals surface area contributed by atoms with Crippen molar-refractivity contribution in [3.63, 3.8) is 0 Å². The van der Waals surface area contributed by atoms with Crippen LogP contribution in [0.15, 0.2) is 0 Å². The highest BCUT2D eigenvalue weighted by Crippen LogP contribution is 2.16. The largest absolute Gasteiger partial charge is 0.0928 e. The van der Waals surface area contributed by atoms with Crippen LogP contribution in [0.4, 0.5) is 0 Å². The van der Waals surface area contributed by atoms with Crippen LogP contribution in [0.5, 0.6) is 0 Å². The quantitative estimate of drug-likeness (QED) is 0.473. The van der Waals surface area contributed by atoms with E-state index in [-0.39, 0.29) is 0 Å². The number of halogens is 3. The second-order valence-corrected chi connectivity index (χ2v) is 4.92. The van der Waals surface area contributed by atoms with Gasteiger partial charge in [-0.15, -0.1) is 0 Å². The minimum atomic E-state index is 0.869. The van der Waals surface area contributed by atoms with Crippen molar-refractivity contribution in [1.29, 1.82) is 0 Å². The van der Waals surface area contributed by atoms with Crippen LogP contribution in [0.25, 0.3) is 0 Å². The first-order valence-corrected chi connectivity index (χ1v) is 7.39. The third-order valence-corrected chi connectivity index (χ3v) is 3.67. The maximum absolute atomic E-state index is 3.54. The predicted octanol–water partition coefficient (Wildman–Crippen LogP) is 4.35. The Labute approximate surface area is 94.9 Å². The molecule has 0 amide bonds. The lowest BCUT2D eigenvalue weighted by Crippen LogP contribution is -2.02. The molecular weight excluding hydrogens is 336 g/mol. The number of unbranched alkanes of at least 4 members (excludes halogenated alkanes) is 1. The summed E-state index contributed by atoms with van der Waals surface area (Å²) in [6, 6.07) is 0. The monoisotopic (exact) mass is 348 g/mol. The van der Waals surface area contributed by atoms with E-state index in [1.807, 2.05) is 0 Å². The highest BCUT2D eigenvalue weighted by atomic mass is 79.9. The Morgan fingerprint density at radius 2 is 1.55 bits per heavy atom. The number of hydrogen-bond donors (Lipinski definition) is 0. The molecule has 0 nitrogen and oxygen atoms in total. The Kier molecular flexibility index (Phi) is 10.8. The molecule has 0 aromatic heterocycles. The summed E-state index contributed by atoms with van der Waals surface area (Å²) in [7, 11) is 0. The fourth-order valence-corrected chi connectivity index (χ4v) is 2.67. The average Bonchev–Trinajstić information content (AvgIpc) is 2.03. The van der Waals surface area contributed by atoms with E-state index in [1.165, 1.54) is 25.7 Å². The van der Waals surface area contributed by atoms with E-state index in [0.29, 0.717) is 0 Å². The summed E-state index contributed by atoms with van der Waals surface area (Å²) in [6.45, 7) is 0. The molecule has 0 N–H and O–H groups in total. The molecule has 68 valence electrons. The van der Waals surface area contributed by atoms with E-state index in [1.54, 1.807) is 0 Å². The Morgan fingerprint density at radius 3 is 2.00 bits per heavy atom. The third-order valence-electron chi connectivity index (χ3n) is 1.73. The second kappa shape index (κ2) is 9.53. The summed E-state index contributed by atoms with van der Waals surface area (Å²) < 4.78 is 0. The van der Waals surface area contributed by atoms with Crippen molar-refractivity contribution in [3.05, 3.63) is 0 Å². The summed E-state index contributed by atoms with van der Waals surface area (Å²) in [5, 5.41) is 3.44. The average molecular weight is 351 g/mol. The highest BCUT2D eigenvalue weighted by Gasteiger charge is 2.04. The van der Waals surface area contributed by atoms with Gasteiger partial charge in [0.05, 0.1) is 0 Å². The van der Waals surface area contributed by atoms with Gasteiger partial charge in [-0.25, -0.2) is 0 Å². The van der Waals surface area contributed by atoms with Gasteiger partial charge in [0.2, 0.25) is 0 Å². The van der Waals surface area contributed by atoms with E-state index in [9.17, 15) is 0 Å². The van der Waals surface area contributed by atoms with Gasteiger partial charge in [-0.2, -0.15) is 0 Å². The van der Waals surface area contributed by atoms with Crippen LogP contribution < -0.4 is 0 Å². The Balaban J connectivity index is 3.20. The Morgan fingerprint density at radius 1 is 0.818 bits per heavy atom. The lowest BCUT2D eigenvalue weighted by molar-refractivity contribution is 0.508. The first-order chi connectivity index (χ1) is 5.35. The molecule has 0 spiro atoms. The SMILES string of the molecule is BrCCCCC(CBr)CCBr. The van der Waals surface area contributed by atoms with Crippen LogP contribution in [0.2, 0.25) is 0 Å². The summed E-state index contributed by atoms with van der Waals surface area (Å²) >= 11 is 10.4. The van der Waals surface area contributed by atoms with Gasteiger partial charge in [-0.05, 0) is 25.2 Å². The molecule has 0 aliphatic rings.